The van der Waals surface area contributed by atoms with Gasteiger partial charge in [0.05, 0.1) is 18.4 Å². The van der Waals surface area contributed by atoms with E-state index < -0.39 is 0 Å². The maximum Gasteiger partial charge on any atom is 0.230 e. The molecule has 2 aromatic rings. The largest absolute Gasteiger partial charge is 0.496 e. The average molecular weight is 344 g/mol. The van der Waals surface area contributed by atoms with Crippen molar-refractivity contribution in [2.24, 2.45) is 0 Å². The van der Waals surface area contributed by atoms with Crippen LogP contribution in [-0.4, -0.2) is 40.1 Å². The Morgan fingerprint density at radius 2 is 2.12 bits per heavy atom. The number of hydrogen-bond acceptors (Lipinski definition) is 5. The highest BCUT2D eigenvalue weighted by Crippen LogP contribution is 2.30. The van der Waals surface area contributed by atoms with Crippen molar-refractivity contribution in [3.05, 3.63) is 49.6 Å². The third-order valence-corrected chi connectivity index (χ3v) is 4.12. The van der Waals surface area contributed by atoms with Crippen molar-refractivity contribution >= 4 is 17.7 Å². The van der Waals surface area contributed by atoms with Gasteiger partial charge in [-0.3, -0.25) is 9.36 Å². The van der Waals surface area contributed by atoms with E-state index in [-0.39, 0.29) is 11.7 Å². The molecule has 0 fully saturated rings. The normalized spacial score (nSPS) is 10.2. The van der Waals surface area contributed by atoms with Crippen LogP contribution in [0.1, 0.15) is 0 Å². The highest BCUT2D eigenvalue weighted by Gasteiger charge is 2.17. The Kier molecular flexibility index (Phi) is 6.62. The lowest BCUT2D eigenvalue weighted by molar-refractivity contribution is -0.118. The average Bonchev–Trinajstić information content (AvgIpc) is 3.01. The first-order valence-corrected chi connectivity index (χ1v) is 8.37. The van der Waals surface area contributed by atoms with Crippen LogP contribution in [0.5, 0.6) is 5.75 Å². The molecular formula is C17H20N4O2S. The van der Waals surface area contributed by atoms with Crippen molar-refractivity contribution in [1.29, 1.82) is 0 Å². The third-order valence-electron chi connectivity index (χ3n) is 3.15. The summed E-state index contributed by atoms with van der Waals surface area (Å²) in [4.78, 5) is 11.7. The Hall–Kier alpha value is -2.54. The van der Waals surface area contributed by atoms with Crippen molar-refractivity contribution < 1.29 is 9.53 Å². The SMILES string of the molecule is C=CCNC(=O)CSc1nnc(-c2ccccc2OC)n1CC=C. The Morgan fingerprint density at radius 3 is 2.83 bits per heavy atom. The van der Waals surface area contributed by atoms with E-state index in [9.17, 15) is 4.79 Å². The standard InChI is InChI=1S/C17H20N4O2S/c1-4-10-18-15(22)12-24-17-20-19-16(21(17)11-5-2)13-8-6-7-9-14(13)23-3/h4-9H,1-2,10-12H2,3H3,(H,18,22). The Labute approximate surface area is 145 Å². The molecule has 1 N–H and O–H groups in total. The molecule has 0 aliphatic heterocycles. The lowest BCUT2D eigenvalue weighted by Crippen LogP contribution is -2.25. The topological polar surface area (TPSA) is 69.0 Å². The van der Waals surface area contributed by atoms with Gasteiger partial charge < -0.3 is 10.1 Å². The Bertz CT molecular complexity index is 727. The number of hydrogen-bond donors (Lipinski definition) is 1. The van der Waals surface area contributed by atoms with Gasteiger partial charge in [-0.15, -0.1) is 23.4 Å². The number of carbonyl (C=O) groups excluding carboxylic acids is 1. The molecule has 24 heavy (non-hydrogen) atoms. The molecule has 0 aliphatic rings. The smallest absolute Gasteiger partial charge is 0.230 e. The zero-order chi connectivity index (χ0) is 17.4. The number of allylic oxidation sites excluding steroid dienone is 1. The first-order valence-electron chi connectivity index (χ1n) is 7.39. The number of benzene rings is 1. The minimum absolute atomic E-state index is 0.0769. The van der Waals surface area contributed by atoms with Crippen LogP contribution in [0.4, 0.5) is 0 Å². The van der Waals surface area contributed by atoms with Crippen LogP contribution in [-0.2, 0) is 11.3 Å². The molecule has 0 aliphatic carbocycles. The van der Waals surface area contributed by atoms with Crippen LogP contribution in [0.15, 0.2) is 54.7 Å². The molecule has 0 radical (unpaired) electrons. The number of nitrogens with one attached hydrogen (secondary N) is 1. The fourth-order valence-electron chi connectivity index (χ4n) is 2.08. The number of nitrogens with zero attached hydrogens (tertiary/aromatic N) is 3. The van der Waals surface area contributed by atoms with Gasteiger partial charge in [-0.25, -0.2) is 0 Å². The summed E-state index contributed by atoms with van der Waals surface area (Å²) < 4.78 is 7.31. The quantitative estimate of drug-likeness (QED) is 0.559. The minimum atomic E-state index is -0.0769. The lowest BCUT2D eigenvalue weighted by atomic mass is 10.2. The number of ether oxygens (including phenoxy) is 1. The van der Waals surface area contributed by atoms with Crippen molar-refractivity contribution in [1.82, 2.24) is 20.1 Å². The second-order valence-electron chi connectivity index (χ2n) is 4.79. The molecule has 0 saturated heterocycles. The van der Waals surface area contributed by atoms with E-state index in [4.69, 9.17) is 4.74 Å². The van der Waals surface area contributed by atoms with Gasteiger partial charge in [-0.05, 0) is 12.1 Å². The number of para-hydroxylation sites is 1. The molecule has 6 nitrogen and oxygen atoms in total. The van der Waals surface area contributed by atoms with Gasteiger partial charge in [0.15, 0.2) is 11.0 Å². The minimum Gasteiger partial charge on any atom is -0.496 e. The monoisotopic (exact) mass is 344 g/mol. The van der Waals surface area contributed by atoms with E-state index in [0.29, 0.717) is 24.1 Å². The van der Waals surface area contributed by atoms with Gasteiger partial charge in [0.2, 0.25) is 5.91 Å². The molecule has 0 spiro atoms. The van der Waals surface area contributed by atoms with E-state index in [1.165, 1.54) is 11.8 Å². The molecular weight excluding hydrogens is 324 g/mol. The molecule has 1 aromatic heterocycles. The summed E-state index contributed by atoms with van der Waals surface area (Å²) in [6, 6.07) is 7.61. The van der Waals surface area contributed by atoms with Crippen molar-refractivity contribution in [3.8, 4) is 17.1 Å². The molecule has 1 amide bonds. The van der Waals surface area contributed by atoms with Crippen LogP contribution in [0.25, 0.3) is 11.4 Å². The Morgan fingerprint density at radius 1 is 1.33 bits per heavy atom. The highest BCUT2D eigenvalue weighted by atomic mass is 32.2. The number of rotatable bonds is 9. The Balaban J connectivity index is 2.25. The second-order valence-corrected chi connectivity index (χ2v) is 5.73. The second kappa shape index (κ2) is 8.93. The maximum absolute atomic E-state index is 11.7. The predicted molar refractivity (Wildman–Crippen MR) is 96.1 cm³/mol. The summed E-state index contributed by atoms with van der Waals surface area (Å²) in [5.41, 5.74) is 0.845. The number of thioether (sulfide) groups is 1. The molecule has 2 rings (SSSR count). The van der Waals surface area contributed by atoms with E-state index in [0.717, 1.165) is 11.3 Å². The molecule has 126 valence electrons. The van der Waals surface area contributed by atoms with Crippen LogP contribution < -0.4 is 10.1 Å². The molecule has 0 atom stereocenters. The molecule has 1 aromatic carbocycles. The summed E-state index contributed by atoms with van der Waals surface area (Å²) in [7, 11) is 1.62. The third kappa shape index (κ3) is 4.26. The van der Waals surface area contributed by atoms with Crippen LogP contribution in [0, 0.1) is 0 Å². The van der Waals surface area contributed by atoms with E-state index in [2.05, 4.69) is 28.7 Å². The predicted octanol–water partition coefficient (Wildman–Crippen LogP) is 2.53. The first-order chi connectivity index (χ1) is 11.7. The molecule has 0 unspecified atom stereocenters. The summed E-state index contributed by atoms with van der Waals surface area (Å²) in [6.45, 7) is 8.34. The summed E-state index contributed by atoms with van der Waals surface area (Å²) in [5, 5.41) is 11.9. The number of carbonyl (C=O) groups is 1. The highest BCUT2D eigenvalue weighted by molar-refractivity contribution is 7.99. The van der Waals surface area contributed by atoms with E-state index >= 15 is 0 Å². The zero-order valence-corrected chi connectivity index (χ0v) is 14.4. The maximum atomic E-state index is 11.7. The number of methoxy groups -OCH3 is 1. The van der Waals surface area contributed by atoms with Crippen LogP contribution >= 0.6 is 11.8 Å². The van der Waals surface area contributed by atoms with Gasteiger partial charge in [-0.1, -0.05) is 36.0 Å². The van der Waals surface area contributed by atoms with Gasteiger partial charge in [0.25, 0.3) is 0 Å². The number of amides is 1. The summed E-state index contributed by atoms with van der Waals surface area (Å²) >= 11 is 1.33. The van der Waals surface area contributed by atoms with Crippen LogP contribution in [0.3, 0.4) is 0 Å². The van der Waals surface area contributed by atoms with E-state index in [1.807, 2.05) is 28.8 Å². The molecule has 0 bridgehead atoms. The first kappa shape index (κ1) is 17.8. The van der Waals surface area contributed by atoms with Crippen molar-refractivity contribution in [3.63, 3.8) is 0 Å². The lowest BCUT2D eigenvalue weighted by Gasteiger charge is -2.10. The zero-order valence-electron chi connectivity index (χ0n) is 13.6. The van der Waals surface area contributed by atoms with Crippen molar-refractivity contribution in [2.45, 2.75) is 11.7 Å². The molecule has 0 saturated carbocycles. The summed E-state index contributed by atoms with van der Waals surface area (Å²) in [6.07, 6.45) is 3.41. The van der Waals surface area contributed by atoms with Gasteiger partial charge in [-0.2, -0.15) is 0 Å². The van der Waals surface area contributed by atoms with Crippen LogP contribution in [0.2, 0.25) is 0 Å². The summed E-state index contributed by atoms with van der Waals surface area (Å²) in [5.74, 6) is 1.58. The molecule has 7 heteroatoms. The number of aromatic nitrogens is 3. The van der Waals surface area contributed by atoms with Gasteiger partial charge in [0, 0.05) is 13.1 Å². The van der Waals surface area contributed by atoms with Gasteiger partial charge >= 0.3 is 0 Å². The van der Waals surface area contributed by atoms with Gasteiger partial charge in [0.1, 0.15) is 5.75 Å². The fraction of sp³-hybridized carbons (Fsp3) is 0.235. The van der Waals surface area contributed by atoms with Crippen molar-refractivity contribution in [2.75, 3.05) is 19.4 Å². The molecule has 1 heterocycles. The fourth-order valence-corrected chi connectivity index (χ4v) is 2.86. The van der Waals surface area contributed by atoms with E-state index in [1.54, 1.807) is 19.3 Å².